The van der Waals surface area contributed by atoms with Gasteiger partial charge in [-0.05, 0) is 36.9 Å². The highest BCUT2D eigenvalue weighted by Crippen LogP contribution is 2.21. The second-order valence-corrected chi connectivity index (χ2v) is 6.32. The first kappa shape index (κ1) is 18.3. The van der Waals surface area contributed by atoms with Gasteiger partial charge in [0.25, 0.3) is 5.91 Å². The zero-order chi connectivity index (χ0) is 19.2. The fourth-order valence-electron chi connectivity index (χ4n) is 2.51. The van der Waals surface area contributed by atoms with Gasteiger partial charge in [-0.1, -0.05) is 19.0 Å². The summed E-state index contributed by atoms with van der Waals surface area (Å²) >= 11 is 0. The minimum absolute atomic E-state index is 0.137. The number of nitrogens with zero attached hydrogens (tertiary/aromatic N) is 4. The average molecular weight is 362 g/mol. The summed E-state index contributed by atoms with van der Waals surface area (Å²) in [5.74, 6) is 0.250. The van der Waals surface area contributed by atoms with E-state index in [1.807, 2.05) is 50.0 Å². The maximum Gasteiger partial charge on any atom is 0.258 e. The molecule has 3 heterocycles. The van der Waals surface area contributed by atoms with Gasteiger partial charge < -0.3 is 16.0 Å². The lowest BCUT2D eigenvalue weighted by Crippen LogP contribution is -2.21. The molecular weight excluding hydrogens is 340 g/mol. The topological polar surface area (TPSA) is 84.0 Å². The monoisotopic (exact) mass is 362 g/mol. The van der Waals surface area contributed by atoms with Gasteiger partial charge in [-0.2, -0.15) is 6.20 Å². The highest BCUT2D eigenvalue weighted by Gasteiger charge is 2.09. The lowest BCUT2D eigenvalue weighted by molar-refractivity contribution is -0.429. The van der Waals surface area contributed by atoms with E-state index >= 15 is 0 Å². The van der Waals surface area contributed by atoms with Crippen LogP contribution in [0.1, 0.15) is 34.6 Å². The largest absolute Gasteiger partial charge is 0.682 e. The maximum atomic E-state index is 12.3. The van der Waals surface area contributed by atoms with Gasteiger partial charge in [0.2, 0.25) is 0 Å². The molecule has 0 fully saturated rings. The number of rotatable bonds is 7. The van der Waals surface area contributed by atoms with E-state index in [1.165, 1.54) is 6.20 Å². The van der Waals surface area contributed by atoms with E-state index in [4.69, 9.17) is 0 Å². The average Bonchev–Trinajstić information content (AvgIpc) is 2.63. The number of carbonyl (C=O) groups is 1. The molecule has 2 aromatic rings. The number of pyridine rings is 2. The second kappa shape index (κ2) is 8.27. The van der Waals surface area contributed by atoms with E-state index in [2.05, 4.69) is 25.9 Å². The maximum absolute atomic E-state index is 12.3. The van der Waals surface area contributed by atoms with E-state index in [0.29, 0.717) is 11.4 Å². The normalized spacial score (nSPS) is 14.0. The Balaban J connectivity index is 1.56. The Bertz CT molecular complexity index is 932. The summed E-state index contributed by atoms with van der Waals surface area (Å²) in [5, 5.41) is 10.4. The highest BCUT2D eigenvalue weighted by molar-refractivity contribution is 6.03. The molecule has 0 saturated heterocycles. The van der Waals surface area contributed by atoms with Crippen molar-refractivity contribution in [3.8, 4) is 0 Å². The Morgan fingerprint density at radius 1 is 1.33 bits per heavy atom. The number of anilines is 1. The molecule has 138 valence electrons. The number of amides is 1. The van der Waals surface area contributed by atoms with Gasteiger partial charge in [0.1, 0.15) is 12.9 Å². The molecule has 0 aliphatic carbocycles. The van der Waals surface area contributed by atoms with Crippen molar-refractivity contribution in [3.05, 3.63) is 83.1 Å². The zero-order valence-corrected chi connectivity index (χ0v) is 15.5. The van der Waals surface area contributed by atoms with Crippen LogP contribution in [0.4, 0.5) is 5.82 Å². The van der Waals surface area contributed by atoms with Crippen molar-refractivity contribution in [1.29, 1.82) is 0 Å². The Morgan fingerprint density at radius 2 is 2.15 bits per heavy atom. The molecule has 0 bridgehead atoms. The third-order valence-electron chi connectivity index (χ3n) is 3.90. The van der Waals surface area contributed by atoms with Crippen molar-refractivity contribution in [2.24, 2.45) is 0 Å². The first-order valence-electron chi connectivity index (χ1n) is 8.61. The van der Waals surface area contributed by atoms with Crippen LogP contribution >= 0.6 is 0 Å². The number of carbonyl (C=O) groups excluding carboxylic acids is 1. The molecule has 0 saturated carbocycles. The summed E-state index contributed by atoms with van der Waals surface area (Å²) in [6.45, 7) is 3.84. The lowest BCUT2D eigenvalue weighted by Gasteiger charge is -2.25. The third-order valence-corrected chi connectivity index (χ3v) is 3.90. The quantitative estimate of drug-likeness (QED) is 0.741. The molecule has 7 nitrogen and oxygen atoms in total. The fraction of sp³-hybridized carbons (Fsp3) is 0.200. The van der Waals surface area contributed by atoms with Gasteiger partial charge in [0, 0.05) is 18.1 Å². The highest BCUT2D eigenvalue weighted by atomic mass is 16.1. The van der Waals surface area contributed by atoms with Crippen LogP contribution in [-0.2, 0) is 0 Å². The van der Waals surface area contributed by atoms with Crippen molar-refractivity contribution < 1.29 is 9.37 Å². The Labute approximate surface area is 158 Å². The van der Waals surface area contributed by atoms with Gasteiger partial charge >= 0.3 is 0 Å². The van der Waals surface area contributed by atoms with Crippen molar-refractivity contribution in [2.75, 3.05) is 12.4 Å². The minimum atomic E-state index is -0.237. The number of hydrogen-bond acceptors (Lipinski definition) is 4. The predicted octanol–water partition coefficient (Wildman–Crippen LogP) is 3.10. The van der Waals surface area contributed by atoms with Crippen LogP contribution in [-0.4, -0.2) is 33.7 Å². The van der Waals surface area contributed by atoms with Gasteiger partial charge in [-0.3, -0.25) is 9.78 Å². The summed E-state index contributed by atoms with van der Waals surface area (Å²) < 4.78 is 1.96. The number of aryl methyl sites for hydroxylation is 1. The Kier molecular flexibility index (Phi) is 5.61. The predicted molar refractivity (Wildman–Crippen MR) is 106 cm³/mol. The Morgan fingerprint density at radius 3 is 2.89 bits per heavy atom. The Hall–Kier alpha value is -3.48. The second-order valence-electron chi connectivity index (χ2n) is 6.32. The standard InChI is InChI=1S/C20H22N6O/c1-14-9-16(11-21-10-14)20(27)25-19-6-4-5-18(24-19)15(2)22-7-8-23-17-12-26(3)13-17/h4-13,15,23H,1-3H3,(H,24,25,27). The molecule has 2 N–H and O–H groups in total. The van der Waals surface area contributed by atoms with E-state index < -0.39 is 0 Å². The molecule has 0 radical (unpaired) electrons. The summed E-state index contributed by atoms with van der Waals surface area (Å²) in [4.78, 5) is 20.9. The number of allylic oxidation sites excluding steroid dienone is 1. The van der Waals surface area contributed by atoms with E-state index in [1.54, 1.807) is 30.7 Å². The minimum Gasteiger partial charge on any atom is -0.682 e. The molecule has 3 rings (SSSR count). The first-order valence-corrected chi connectivity index (χ1v) is 8.61. The van der Waals surface area contributed by atoms with Crippen LogP contribution in [0, 0.1) is 6.92 Å². The van der Waals surface area contributed by atoms with Crippen LogP contribution < -0.4 is 10.6 Å². The van der Waals surface area contributed by atoms with Gasteiger partial charge in [0.15, 0.2) is 18.1 Å². The smallest absolute Gasteiger partial charge is 0.258 e. The molecule has 0 aromatic carbocycles. The molecule has 1 atom stereocenters. The van der Waals surface area contributed by atoms with E-state index in [9.17, 15) is 4.79 Å². The van der Waals surface area contributed by atoms with Crippen LogP contribution in [0.5, 0.6) is 0 Å². The molecule has 0 spiro atoms. The molecule has 1 amide bonds. The summed E-state index contributed by atoms with van der Waals surface area (Å²) in [5.41, 5.74) is 3.24. The molecular formula is C20H22N6O. The molecule has 1 aliphatic rings. The zero-order valence-electron chi connectivity index (χ0n) is 15.5. The summed E-state index contributed by atoms with van der Waals surface area (Å²) in [6.07, 6.45) is 10.7. The number of aromatic nitrogens is 2. The van der Waals surface area contributed by atoms with Crippen LogP contribution in [0.15, 0.2) is 61.0 Å². The molecule has 7 heteroatoms. The number of hydrogen-bond donors (Lipinski definition) is 2. The SMILES string of the molecule is Cc1cncc(C(=O)Nc2cccc(C(C)[N-]C=CNC3=C[N+](C)=C3)n2)c1. The molecule has 1 unspecified atom stereocenters. The van der Waals surface area contributed by atoms with E-state index in [0.717, 1.165) is 17.0 Å². The van der Waals surface area contributed by atoms with Crippen LogP contribution in [0.3, 0.4) is 0 Å². The van der Waals surface area contributed by atoms with E-state index in [-0.39, 0.29) is 11.9 Å². The number of nitrogens with one attached hydrogen (secondary N) is 2. The first-order chi connectivity index (χ1) is 13.0. The fourth-order valence-corrected chi connectivity index (χ4v) is 2.51. The third kappa shape index (κ3) is 5.01. The van der Waals surface area contributed by atoms with Crippen molar-refractivity contribution in [2.45, 2.75) is 19.9 Å². The van der Waals surface area contributed by atoms with Crippen molar-refractivity contribution >= 4 is 17.9 Å². The van der Waals surface area contributed by atoms with Crippen molar-refractivity contribution in [1.82, 2.24) is 15.3 Å². The molecule has 27 heavy (non-hydrogen) atoms. The van der Waals surface area contributed by atoms with Gasteiger partial charge in [-0.15, -0.1) is 0 Å². The van der Waals surface area contributed by atoms with Gasteiger partial charge in [0.05, 0.1) is 5.56 Å². The lowest BCUT2D eigenvalue weighted by atomic mass is 10.2. The summed E-state index contributed by atoms with van der Waals surface area (Å²) in [6, 6.07) is 7.14. The summed E-state index contributed by atoms with van der Waals surface area (Å²) in [7, 11) is 1.97. The molecule has 1 aliphatic heterocycles. The molecule has 2 aromatic heterocycles. The van der Waals surface area contributed by atoms with Crippen LogP contribution in [0.2, 0.25) is 0 Å². The van der Waals surface area contributed by atoms with Gasteiger partial charge in [-0.25, -0.2) is 9.56 Å². The van der Waals surface area contributed by atoms with Crippen LogP contribution in [0.25, 0.3) is 5.32 Å². The van der Waals surface area contributed by atoms with Crippen molar-refractivity contribution in [3.63, 3.8) is 0 Å².